The van der Waals surface area contributed by atoms with E-state index in [-0.39, 0.29) is 66.9 Å². The Kier molecular flexibility index (Phi) is 29.0. The van der Waals surface area contributed by atoms with Crippen LogP contribution in [0.25, 0.3) is 0 Å². The number of carboxylic acid groups (broad SMARTS) is 6. The molecule has 0 heterocycles. The maximum Gasteiger partial charge on any atom is 0.335 e. The van der Waals surface area contributed by atoms with Gasteiger partial charge in [0.2, 0.25) is 0 Å². The van der Waals surface area contributed by atoms with Crippen LogP contribution >= 0.6 is 0 Å². The summed E-state index contributed by atoms with van der Waals surface area (Å²) in [6, 6.07) is 10.2. The first-order chi connectivity index (χ1) is 22.9. The highest BCUT2D eigenvalue weighted by molar-refractivity contribution is 5.93. The van der Waals surface area contributed by atoms with Crippen LogP contribution in [-0.4, -0.2) is 113 Å². The second-order valence-corrected chi connectivity index (χ2v) is 10.7. The molecule has 16 nitrogen and oxygen atoms in total. The van der Waals surface area contributed by atoms with Gasteiger partial charge in [-0.1, -0.05) is 32.8 Å². The van der Waals surface area contributed by atoms with Crippen LogP contribution in [0.3, 0.4) is 0 Å². The third-order valence-corrected chi connectivity index (χ3v) is 5.69. The lowest BCUT2D eigenvalue weighted by Gasteiger charge is -2.16. The van der Waals surface area contributed by atoms with E-state index in [4.69, 9.17) is 51.1 Å². The predicted octanol–water partition coefficient (Wildman–Crippen LogP) is 3.41. The summed E-state index contributed by atoms with van der Waals surface area (Å²) in [5, 5.41) is 83.7. The Morgan fingerprint density at radius 1 is 0.469 bits per heavy atom. The third-order valence-electron chi connectivity index (χ3n) is 5.69. The maximum absolute atomic E-state index is 10.4. The largest absolute Gasteiger partial charge is 0.481 e. The Morgan fingerprint density at radius 3 is 0.980 bits per heavy atom. The van der Waals surface area contributed by atoms with E-state index in [2.05, 4.69) is 0 Å². The summed E-state index contributed by atoms with van der Waals surface area (Å²) in [5.74, 6) is -6.12. The number of aliphatic hydroxyl groups is 4. The van der Waals surface area contributed by atoms with Gasteiger partial charge in [0, 0.05) is 31.5 Å². The number of benzene rings is 2. The molecule has 0 atom stereocenters. The van der Waals surface area contributed by atoms with Gasteiger partial charge in [0.25, 0.3) is 0 Å². The summed E-state index contributed by atoms with van der Waals surface area (Å²) in [4.78, 5) is 61.2. The lowest BCUT2D eigenvalue weighted by atomic mass is 9.97. The Labute approximate surface area is 283 Å². The molecule has 0 aliphatic rings. The summed E-state index contributed by atoms with van der Waals surface area (Å²) >= 11 is 0. The van der Waals surface area contributed by atoms with Crippen molar-refractivity contribution in [3.8, 4) is 0 Å². The number of hydrogen-bond donors (Lipinski definition) is 10. The van der Waals surface area contributed by atoms with Crippen LogP contribution < -0.4 is 0 Å². The van der Waals surface area contributed by atoms with Crippen molar-refractivity contribution in [1.29, 1.82) is 0 Å². The van der Waals surface area contributed by atoms with E-state index in [0.29, 0.717) is 12.8 Å². The van der Waals surface area contributed by atoms with E-state index >= 15 is 0 Å². The molecule has 2 rings (SSSR count). The number of carbonyl (C=O) groups is 6. The lowest BCUT2D eigenvalue weighted by Crippen LogP contribution is -2.20. The standard InChI is InChI=1S/2C8H6O4.C6H10O4.C6H14O2.C5H12O2/c9-7(10)5-1-2-6(4-3-5)8(11)12;9-7(10)5-2-1-3-6(4-5)8(11)12;7-5(8)3-1-2-4-6(9)10;7-5-3-1-2-4-6-8;1-5(2,3-6)4-7/h2*1-4H,(H,9,10)(H,11,12);1-4H2,(H,7,8)(H,9,10);7-8H,1-6H2;6-7H,3-4H2,1-2H3. The van der Waals surface area contributed by atoms with Gasteiger partial charge >= 0.3 is 35.8 Å². The molecule has 0 unspecified atom stereocenters. The zero-order valence-corrected chi connectivity index (χ0v) is 27.5. The molecule has 0 saturated carbocycles. The highest BCUT2D eigenvalue weighted by Crippen LogP contribution is 2.10. The van der Waals surface area contributed by atoms with Crippen LogP contribution in [0.4, 0.5) is 0 Å². The third kappa shape index (κ3) is 30.2. The maximum atomic E-state index is 10.4. The molecule has 0 amide bonds. The number of hydrogen-bond acceptors (Lipinski definition) is 10. The fraction of sp³-hybridized carbons (Fsp3) is 0.455. The highest BCUT2D eigenvalue weighted by Gasteiger charge is 2.13. The molecule has 0 radical (unpaired) electrons. The van der Waals surface area contributed by atoms with Crippen LogP contribution in [0.2, 0.25) is 0 Å². The number of carboxylic acids is 6. The Hall–Kier alpha value is -4.90. The van der Waals surface area contributed by atoms with Crippen LogP contribution in [0.1, 0.15) is 107 Å². The first kappa shape index (κ1) is 48.5. The van der Waals surface area contributed by atoms with Gasteiger partial charge in [-0.25, -0.2) is 19.2 Å². The summed E-state index contributed by atoms with van der Waals surface area (Å²) in [7, 11) is 0. The molecule has 10 N–H and O–H groups in total. The van der Waals surface area contributed by atoms with Gasteiger partial charge in [0.1, 0.15) is 0 Å². The van der Waals surface area contributed by atoms with Crippen LogP contribution in [0.15, 0.2) is 48.5 Å². The monoisotopic (exact) mass is 700 g/mol. The Balaban J connectivity index is -0.000000549. The van der Waals surface area contributed by atoms with E-state index in [0.717, 1.165) is 31.7 Å². The quantitative estimate of drug-likeness (QED) is 0.112. The number of aliphatic carboxylic acids is 2. The number of aliphatic hydroxyl groups excluding tert-OH is 4. The fourth-order valence-corrected chi connectivity index (χ4v) is 2.72. The van der Waals surface area contributed by atoms with Crippen LogP contribution in [-0.2, 0) is 9.59 Å². The van der Waals surface area contributed by atoms with Crippen LogP contribution in [0, 0.1) is 5.41 Å². The normalized spacial score (nSPS) is 9.76. The highest BCUT2D eigenvalue weighted by atomic mass is 16.4. The second-order valence-electron chi connectivity index (χ2n) is 10.7. The Bertz CT molecular complexity index is 1170. The first-order valence-electron chi connectivity index (χ1n) is 14.9. The van der Waals surface area contributed by atoms with E-state index in [1.807, 2.05) is 0 Å². The summed E-state index contributed by atoms with van der Waals surface area (Å²) in [6.45, 7) is 4.25. The number of unbranched alkanes of at least 4 members (excludes halogenated alkanes) is 4. The van der Waals surface area contributed by atoms with Gasteiger partial charge in [-0.15, -0.1) is 0 Å². The molecule has 2 aromatic carbocycles. The molecule has 0 saturated heterocycles. The average Bonchev–Trinajstić information content (AvgIpc) is 3.06. The minimum Gasteiger partial charge on any atom is -0.481 e. The average molecular weight is 701 g/mol. The van der Waals surface area contributed by atoms with Gasteiger partial charge in [0.15, 0.2) is 0 Å². The van der Waals surface area contributed by atoms with Gasteiger partial charge in [0.05, 0.1) is 35.5 Å². The summed E-state index contributed by atoms with van der Waals surface area (Å²) < 4.78 is 0. The molecule has 16 heteroatoms. The minimum absolute atomic E-state index is 0.0186. The van der Waals surface area contributed by atoms with Crippen molar-refractivity contribution < 1.29 is 79.8 Å². The molecule has 2 aromatic rings. The second kappa shape index (κ2) is 29.3. The van der Waals surface area contributed by atoms with Crippen molar-refractivity contribution in [2.24, 2.45) is 5.41 Å². The van der Waals surface area contributed by atoms with Gasteiger partial charge < -0.3 is 51.1 Å². The van der Waals surface area contributed by atoms with Crippen molar-refractivity contribution >= 4 is 35.8 Å². The molecule has 49 heavy (non-hydrogen) atoms. The molecule has 0 aliphatic heterocycles. The topological polar surface area (TPSA) is 305 Å². The van der Waals surface area contributed by atoms with Crippen molar-refractivity contribution in [2.45, 2.75) is 65.2 Å². The SMILES string of the molecule is CC(C)(CO)CO.O=C(O)CCCCC(=O)O.O=C(O)c1ccc(C(=O)O)cc1.O=C(O)c1cccc(C(=O)O)c1.OCCCCCCO. The van der Waals surface area contributed by atoms with E-state index in [9.17, 15) is 28.8 Å². The zero-order chi connectivity index (χ0) is 38.4. The van der Waals surface area contributed by atoms with E-state index < -0.39 is 35.8 Å². The van der Waals surface area contributed by atoms with Gasteiger partial charge in [-0.3, -0.25) is 9.59 Å². The molecule has 0 bridgehead atoms. The molecule has 276 valence electrons. The summed E-state index contributed by atoms with van der Waals surface area (Å²) in [5.41, 5.74) is -0.176. The molecular formula is C33H48O16. The zero-order valence-electron chi connectivity index (χ0n) is 27.5. The molecular weight excluding hydrogens is 652 g/mol. The molecule has 0 spiro atoms. The Morgan fingerprint density at radius 2 is 0.776 bits per heavy atom. The van der Waals surface area contributed by atoms with E-state index in [1.165, 1.54) is 42.5 Å². The molecule has 0 fully saturated rings. The number of aromatic carboxylic acids is 4. The molecule has 0 aliphatic carbocycles. The minimum atomic E-state index is -1.13. The predicted molar refractivity (Wildman–Crippen MR) is 175 cm³/mol. The van der Waals surface area contributed by atoms with Gasteiger partial charge in [-0.05, 0) is 68.1 Å². The first-order valence-corrected chi connectivity index (χ1v) is 14.9. The van der Waals surface area contributed by atoms with E-state index in [1.54, 1.807) is 13.8 Å². The smallest absolute Gasteiger partial charge is 0.335 e. The van der Waals surface area contributed by atoms with Crippen molar-refractivity contribution in [3.05, 3.63) is 70.8 Å². The number of rotatable bonds is 16. The fourth-order valence-electron chi connectivity index (χ4n) is 2.72. The van der Waals surface area contributed by atoms with Crippen LogP contribution in [0.5, 0.6) is 0 Å². The lowest BCUT2D eigenvalue weighted by molar-refractivity contribution is -0.139. The van der Waals surface area contributed by atoms with Gasteiger partial charge in [-0.2, -0.15) is 0 Å². The summed E-state index contributed by atoms with van der Waals surface area (Å²) in [6.07, 6.45) is 4.85. The van der Waals surface area contributed by atoms with Crippen molar-refractivity contribution in [1.82, 2.24) is 0 Å². The molecule has 0 aromatic heterocycles. The van der Waals surface area contributed by atoms with Crippen molar-refractivity contribution in [3.63, 3.8) is 0 Å². The van der Waals surface area contributed by atoms with Crippen molar-refractivity contribution in [2.75, 3.05) is 26.4 Å².